The van der Waals surface area contributed by atoms with E-state index in [0.717, 1.165) is 17.8 Å². The number of carbonyl (C=O) groups excluding carboxylic acids is 2. The van der Waals surface area contributed by atoms with Crippen LogP contribution in [0.2, 0.25) is 0 Å². The Kier molecular flexibility index (Phi) is 7.00. The lowest BCUT2D eigenvalue weighted by molar-refractivity contribution is -0.130. The highest BCUT2D eigenvalue weighted by Gasteiger charge is 2.29. The van der Waals surface area contributed by atoms with Gasteiger partial charge in [0.15, 0.2) is 0 Å². The summed E-state index contributed by atoms with van der Waals surface area (Å²) < 4.78 is 0. The van der Waals surface area contributed by atoms with Crippen LogP contribution < -0.4 is 21.7 Å². The number of nitrogen functional groups attached to an aromatic ring is 1. The summed E-state index contributed by atoms with van der Waals surface area (Å²) in [6, 6.07) is 12.9. The van der Waals surface area contributed by atoms with Gasteiger partial charge < -0.3 is 21.7 Å². The van der Waals surface area contributed by atoms with Gasteiger partial charge in [0.05, 0.1) is 17.5 Å². The minimum absolute atomic E-state index is 0.0157. The number of piperidine rings is 1. The summed E-state index contributed by atoms with van der Waals surface area (Å²) in [6.07, 6.45) is 1.71. The molecular weight excluding hydrogens is 386 g/mol. The first-order valence-electron chi connectivity index (χ1n) is 9.73. The summed E-state index contributed by atoms with van der Waals surface area (Å²) in [6.45, 7) is 2.80. The third kappa shape index (κ3) is 5.65. The maximum absolute atomic E-state index is 12.7. The molecule has 2 amide bonds. The SMILES string of the molecule is C[C@H](NC(=O)[C@H]1C[C@@H](c2ccccc2)CCN1)C(=O)NCc1ccc(C(=N)N)s1. The number of hydrogen-bond acceptors (Lipinski definition) is 5. The van der Waals surface area contributed by atoms with E-state index in [9.17, 15) is 9.59 Å². The van der Waals surface area contributed by atoms with Crippen LogP contribution in [-0.4, -0.2) is 36.3 Å². The highest BCUT2D eigenvalue weighted by atomic mass is 32.1. The summed E-state index contributed by atoms with van der Waals surface area (Å²) >= 11 is 1.37. The molecule has 7 nitrogen and oxygen atoms in total. The number of carbonyl (C=O) groups is 2. The second-order valence-corrected chi connectivity index (χ2v) is 8.43. The summed E-state index contributed by atoms with van der Waals surface area (Å²) in [5.74, 6) is -0.0385. The van der Waals surface area contributed by atoms with Crippen LogP contribution in [0.4, 0.5) is 0 Å². The molecular formula is C21H27N5O2S. The zero-order valence-electron chi connectivity index (χ0n) is 16.4. The molecule has 154 valence electrons. The number of nitrogens with two attached hydrogens (primary N) is 1. The smallest absolute Gasteiger partial charge is 0.242 e. The van der Waals surface area contributed by atoms with Crippen molar-refractivity contribution in [3.05, 3.63) is 57.8 Å². The van der Waals surface area contributed by atoms with Crippen molar-refractivity contribution in [1.82, 2.24) is 16.0 Å². The van der Waals surface area contributed by atoms with Crippen LogP contribution in [0.15, 0.2) is 42.5 Å². The number of amides is 2. The first kappa shape index (κ1) is 21.0. The van der Waals surface area contributed by atoms with Gasteiger partial charge in [-0.1, -0.05) is 30.3 Å². The fourth-order valence-electron chi connectivity index (χ4n) is 3.47. The fraction of sp³-hybridized carbons (Fsp3) is 0.381. The topological polar surface area (TPSA) is 120 Å². The van der Waals surface area contributed by atoms with E-state index in [4.69, 9.17) is 11.1 Å². The Morgan fingerprint density at radius 3 is 2.72 bits per heavy atom. The van der Waals surface area contributed by atoms with Gasteiger partial charge in [-0.25, -0.2) is 0 Å². The molecule has 1 aromatic heterocycles. The van der Waals surface area contributed by atoms with Crippen LogP contribution in [0.3, 0.4) is 0 Å². The molecule has 1 aliphatic rings. The lowest BCUT2D eigenvalue weighted by atomic mass is 9.86. The van der Waals surface area contributed by atoms with E-state index < -0.39 is 6.04 Å². The first-order chi connectivity index (χ1) is 13.9. The minimum Gasteiger partial charge on any atom is -0.383 e. The van der Waals surface area contributed by atoms with Crippen molar-refractivity contribution in [3.8, 4) is 0 Å². The Balaban J connectivity index is 1.48. The van der Waals surface area contributed by atoms with Crippen molar-refractivity contribution in [2.24, 2.45) is 5.73 Å². The molecule has 1 fully saturated rings. The van der Waals surface area contributed by atoms with E-state index >= 15 is 0 Å². The van der Waals surface area contributed by atoms with E-state index in [1.807, 2.05) is 24.3 Å². The number of amidine groups is 1. The molecule has 29 heavy (non-hydrogen) atoms. The lowest BCUT2D eigenvalue weighted by Crippen LogP contribution is -2.53. The van der Waals surface area contributed by atoms with E-state index in [-0.39, 0.29) is 23.7 Å². The monoisotopic (exact) mass is 413 g/mol. The molecule has 3 rings (SSSR count). The number of nitrogens with one attached hydrogen (secondary N) is 4. The maximum Gasteiger partial charge on any atom is 0.242 e. The minimum atomic E-state index is -0.631. The summed E-state index contributed by atoms with van der Waals surface area (Å²) in [5, 5.41) is 16.3. The lowest BCUT2D eigenvalue weighted by Gasteiger charge is -2.30. The molecule has 0 unspecified atom stereocenters. The van der Waals surface area contributed by atoms with Crippen molar-refractivity contribution in [3.63, 3.8) is 0 Å². The molecule has 3 atom stereocenters. The third-order valence-electron chi connectivity index (χ3n) is 5.11. The average Bonchev–Trinajstić information content (AvgIpc) is 3.22. The fourth-order valence-corrected chi connectivity index (χ4v) is 4.28. The number of rotatable bonds is 7. The molecule has 2 aromatic rings. The molecule has 8 heteroatoms. The zero-order valence-corrected chi connectivity index (χ0v) is 17.2. The third-order valence-corrected chi connectivity index (χ3v) is 6.23. The Hall–Kier alpha value is -2.71. The van der Waals surface area contributed by atoms with Crippen LogP contribution in [0.25, 0.3) is 0 Å². The molecule has 1 aliphatic heterocycles. The van der Waals surface area contributed by atoms with Gasteiger partial charge in [0.2, 0.25) is 11.8 Å². The van der Waals surface area contributed by atoms with E-state index in [2.05, 4.69) is 28.1 Å². The standard InChI is InChI=1S/C21H27N5O2S/c1-13(20(27)25-12-16-7-8-18(29-16)19(22)23)26-21(28)17-11-15(9-10-24-17)14-5-3-2-4-6-14/h2-8,13,15,17,24H,9-12H2,1H3,(H3,22,23)(H,25,27)(H,26,28)/t13-,15-,17+/m0/s1. The number of thiophene rings is 1. The zero-order chi connectivity index (χ0) is 20.8. The molecule has 0 aliphatic carbocycles. The Morgan fingerprint density at radius 1 is 1.28 bits per heavy atom. The van der Waals surface area contributed by atoms with Crippen LogP contribution >= 0.6 is 11.3 Å². The van der Waals surface area contributed by atoms with Gasteiger partial charge in [-0.3, -0.25) is 15.0 Å². The highest BCUT2D eigenvalue weighted by molar-refractivity contribution is 7.14. The highest BCUT2D eigenvalue weighted by Crippen LogP contribution is 2.27. The normalized spacial score (nSPS) is 19.9. The van der Waals surface area contributed by atoms with Gasteiger partial charge >= 0.3 is 0 Å². The van der Waals surface area contributed by atoms with Crippen LogP contribution in [-0.2, 0) is 16.1 Å². The Morgan fingerprint density at radius 2 is 2.03 bits per heavy atom. The summed E-state index contributed by atoms with van der Waals surface area (Å²) in [7, 11) is 0. The number of hydrogen-bond donors (Lipinski definition) is 5. The van der Waals surface area contributed by atoms with E-state index in [0.29, 0.717) is 23.8 Å². The van der Waals surface area contributed by atoms with Gasteiger partial charge in [-0.15, -0.1) is 11.3 Å². The maximum atomic E-state index is 12.7. The molecule has 0 bridgehead atoms. The van der Waals surface area contributed by atoms with E-state index in [1.165, 1.54) is 16.9 Å². The van der Waals surface area contributed by atoms with Crippen molar-refractivity contribution in [2.75, 3.05) is 6.54 Å². The molecule has 2 heterocycles. The molecule has 6 N–H and O–H groups in total. The van der Waals surface area contributed by atoms with Gasteiger partial charge in [-0.05, 0) is 49.9 Å². The van der Waals surface area contributed by atoms with Gasteiger partial charge in [-0.2, -0.15) is 0 Å². The van der Waals surface area contributed by atoms with Crippen LogP contribution in [0.1, 0.15) is 41.0 Å². The average molecular weight is 414 g/mol. The van der Waals surface area contributed by atoms with Gasteiger partial charge in [0.1, 0.15) is 11.9 Å². The Bertz CT molecular complexity index is 867. The molecule has 0 saturated carbocycles. The molecule has 1 aromatic carbocycles. The van der Waals surface area contributed by atoms with Gasteiger partial charge in [0, 0.05) is 4.88 Å². The number of benzene rings is 1. The largest absolute Gasteiger partial charge is 0.383 e. The molecule has 1 saturated heterocycles. The predicted octanol–water partition coefficient (Wildman–Crippen LogP) is 1.69. The quantitative estimate of drug-likeness (QED) is 0.350. The summed E-state index contributed by atoms with van der Waals surface area (Å²) in [4.78, 5) is 26.6. The van der Waals surface area contributed by atoms with Crippen molar-refractivity contribution >= 4 is 29.0 Å². The van der Waals surface area contributed by atoms with Crippen molar-refractivity contribution in [1.29, 1.82) is 5.41 Å². The molecule has 0 spiro atoms. The van der Waals surface area contributed by atoms with E-state index in [1.54, 1.807) is 13.0 Å². The predicted molar refractivity (Wildman–Crippen MR) is 115 cm³/mol. The van der Waals surface area contributed by atoms with Crippen LogP contribution in [0, 0.1) is 5.41 Å². The van der Waals surface area contributed by atoms with Gasteiger partial charge in [0.25, 0.3) is 0 Å². The van der Waals surface area contributed by atoms with Crippen molar-refractivity contribution < 1.29 is 9.59 Å². The summed E-state index contributed by atoms with van der Waals surface area (Å²) in [5.41, 5.74) is 6.71. The van der Waals surface area contributed by atoms with Crippen molar-refractivity contribution in [2.45, 2.75) is 44.3 Å². The van der Waals surface area contributed by atoms with Crippen LogP contribution in [0.5, 0.6) is 0 Å². The first-order valence-corrected chi connectivity index (χ1v) is 10.5. The molecule has 0 radical (unpaired) electrons. The second-order valence-electron chi connectivity index (χ2n) is 7.27. The Labute approximate surface area is 174 Å². The second kappa shape index (κ2) is 9.67.